The lowest BCUT2D eigenvalue weighted by Gasteiger charge is -2.43. The minimum atomic E-state index is -1.06. The van der Waals surface area contributed by atoms with E-state index in [1.165, 1.54) is 0 Å². The van der Waals surface area contributed by atoms with Crippen LogP contribution in [0.2, 0.25) is 0 Å². The molecular weight excluding hydrogens is 410 g/mol. The highest BCUT2D eigenvalue weighted by Crippen LogP contribution is 2.27. The van der Waals surface area contributed by atoms with E-state index in [2.05, 4.69) is 5.32 Å². The molecule has 170 valence electrons. The van der Waals surface area contributed by atoms with Crippen LogP contribution in [-0.2, 0) is 32.1 Å². The molecule has 0 aromatic heterocycles. The Hall–Kier alpha value is -3.23. The molecule has 3 atom stereocenters. The standard InChI is InChI=1S/C24H29N3O5/c1-2-3-14-31-23-20(22(29)27(23)25)21(28)19(15-17-10-6-4-7-11-17)26-24(30)32-16-18-12-8-5-9-13-18/h4-13,19-20,23H,2-3,14-16,25H2,1H3,(H,26,30)/t19-,20-,23-/m0/s1. The molecule has 2 aromatic carbocycles. The van der Waals surface area contributed by atoms with E-state index in [0.29, 0.717) is 6.61 Å². The summed E-state index contributed by atoms with van der Waals surface area (Å²) in [6.07, 6.45) is 0.354. The van der Waals surface area contributed by atoms with Crippen LogP contribution in [0.1, 0.15) is 30.9 Å². The van der Waals surface area contributed by atoms with Crippen LogP contribution in [0, 0.1) is 5.92 Å². The Morgan fingerprint density at radius 1 is 1.06 bits per heavy atom. The van der Waals surface area contributed by atoms with Gasteiger partial charge in [0.1, 0.15) is 12.5 Å². The minimum Gasteiger partial charge on any atom is -0.445 e. The number of nitrogens with zero attached hydrogens (tertiary/aromatic N) is 1. The number of carbonyl (C=O) groups excluding carboxylic acids is 3. The first-order chi connectivity index (χ1) is 15.5. The van der Waals surface area contributed by atoms with Crippen molar-refractivity contribution in [2.24, 2.45) is 11.8 Å². The molecule has 1 heterocycles. The molecule has 0 radical (unpaired) electrons. The van der Waals surface area contributed by atoms with E-state index in [0.717, 1.165) is 29.0 Å². The number of nitrogens with two attached hydrogens (primary N) is 1. The second-order valence-electron chi connectivity index (χ2n) is 7.69. The lowest BCUT2D eigenvalue weighted by molar-refractivity contribution is -0.196. The van der Waals surface area contributed by atoms with Crippen molar-refractivity contribution < 1.29 is 23.9 Å². The maximum Gasteiger partial charge on any atom is 0.408 e. The maximum absolute atomic E-state index is 13.3. The van der Waals surface area contributed by atoms with Crippen molar-refractivity contribution in [3.8, 4) is 0 Å². The first-order valence-corrected chi connectivity index (χ1v) is 10.8. The van der Waals surface area contributed by atoms with Crippen molar-refractivity contribution in [2.45, 2.75) is 45.1 Å². The van der Waals surface area contributed by atoms with Gasteiger partial charge in [-0.1, -0.05) is 74.0 Å². The second-order valence-corrected chi connectivity index (χ2v) is 7.69. The predicted molar refractivity (Wildman–Crippen MR) is 118 cm³/mol. The number of rotatable bonds is 11. The Morgan fingerprint density at radius 2 is 1.69 bits per heavy atom. The van der Waals surface area contributed by atoms with Gasteiger partial charge in [-0.05, 0) is 24.0 Å². The van der Waals surface area contributed by atoms with Crippen LogP contribution in [0.25, 0.3) is 0 Å². The van der Waals surface area contributed by atoms with Gasteiger partial charge < -0.3 is 14.8 Å². The number of nitrogens with one attached hydrogen (secondary N) is 1. The predicted octanol–water partition coefficient (Wildman–Crippen LogP) is 2.57. The fraction of sp³-hybridized carbons (Fsp3) is 0.375. The van der Waals surface area contributed by atoms with E-state index in [1.54, 1.807) is 0 Å². The summed E-state index contributed by atoms with van der Waals surface area (Å²) in [4.78, 5) is 38.1. The molecule has 2 amide bonds. The van der Waals surface area contributed by atoms with Gasteiger partial charge in [-0.3, -0.25) is 14.6 Å². The Balaban J connectivity index is 1.69. The molecule has 1 fully saturated rings. The molecule has 1 aliphatic heterocycles. The number of ether oxygens (including phenoxy) is 2. The molecule has 8 heteroatoms. The molecule has 8 nitrogen and oxygen atoms in total. The summed E-state index contributed by atoms with van der Waals surface area (Å²) in [5, 5.41) is 3.57. The molecule has 1 aliphatic rings. The van der Waals surface area contributed by atoms with Crippen LogP contribution in [0.15, 0.2) is 60.7 Å². The number of Topliss-reactive ketones (excluding diaryl/α,β-unsaturated/α-hetero) is 1. The topological polar surface area (TPSA) is 111 Å². The monoisotopic (exact) mass is 439 g/mol. The van der Waals surface area contributed by atoms with Gasteiger partial charge in [-0.15, -0.1) is 0 Å². The van der Waals surface area contributed by atoms with Crippen LogP contribution in [-0.4, -0.2) is 41.7 Å². The third-order valence-corrected chi connectivity index (χ3v) is 5.30. The quantitative estimate of drug-likeness (QED) is 0.183. The first-order valence-electron chi connectivity index (χ1n) is 10.8. The third kappa shape index (κ3) is 5.93. The van der Waals surface area contributed by atoms with Crippen molar-refractivity contribution in [1.29, 1.82) is 0 Å². The van der Waals surface area contributed by atoms with Crippen LogP contribution < -0.4 is 11.2 Å². The smallest absolute Gasteiger partial charge is 0.408 e. The number of hydrazine groups is 1. The lowest BCUT2D eigenvalue weighted by atomic mass is 9.86. The molecule has 0 aliphatic carbocycles. The van der Waals surface area contributed by atoms with Crippen molar-refractivity contribution in [3.05, 3.63) is 71.8 Å². The minimum absolute atomic E-state index is 0.0701. The van der Waals surface area contributed by atoms with Gasteiger partial charge in [0.25, 0.3) is 5.91 Å². The zero-order valence-corrected chi connectivity index (χ0v) is 18.1. The number of benzene rings is 2. The average molecular weight is 440 g/mol. The fourth-order valence-electron chi connectivity index (χ4n) is 3.47. The van der Waals surface area contributed by atoms with E-state index in [4.69, 9.17) is 15.3 Å². The number of unbranched alkanes of at least 4 members (excludes halogenated alkanes) is 1. The van der Waals surface area contributed by atoms with Gasteiger partial charge in [-0.25, -0.2) is 10.6 Å². The molecule has 3 N–H and O–H groups in total. The van der Waals surface area contributed by atoms with Crippen molar-refractivity contribution in [1.82, 2.24) is 10.3 Å². The van der Waals surface area contributed by atoms with Crippen molar-refractivity contribution in [3.63, 3.8) is 0 Å². The summed E-state index contributed by atoms with van der Waals surface area (Å²) >= 11 is 0. The van der Waals surface area contributed by atoms with E-state index in [1.807, 2.05) is 67.6 Å². The zero-order chi connectivity index (χ0) is 22.9. The van der Waals surface area contributed by atoms with Gasteiger partial charge in [0.2, 0.25) is 0 Å². The number of hydrogen-bond donors (Lipinski definition) is 2. The number of hydrogen-bond acceptors (Lipinski definition) is 6. The van der Waals surface area contributed by atoms with Crippen LogP contribution in [0.3, 0.4) is 0 Å². The highest BCUT2D eigenvalue weighted by Gasteiger charge is 2.53. The molecular formula is C24H29N3O5. The Kier molecular flexibility index (Phi) is 8.35. The van der Waals surface area contributed by atoms with Gasteiger partial charge in [-0.2, -0.15) is 0 Å². The number of alkyl carbamates (subject to hydrolysis) is 1. The van der Waals surface area contributed by atoms with Gasteiger partial charge in [0.15, 0.2) is 12.0 Å². The Labute approximate surface area is 187 Å². The lowest BCUT2D eigenvalue weighted by Crippen LogP contribution is -2.69. The van der Waals surface area contributed by atoms with E-state index in [-0.39, 0.29) is 13.0 Å². The van der Waals surface area contributed by atoms with Gasteiger partial charge in [0.05, 0.1) is 6.04 Å². The molecule has 0 saturated carbocycles. The second kappa shape index (κ2) is 11.4. The first kappa shape index (κ1) is 23.4. The SMILES string of the molecule is CCCCO[C@H]1[C@@H](C(=O)[C@H](Cc2ccccc2)NC(=O)OCc2ccccc2)C(=O)N1N. The van der Waals surface area contributed by atoms with E-state index < -0.39 is 36.0 Å². The molecule has 1 saturated heterocycles. The van der Waals surface area contributed by atoms with Crippen molar-refractivity contribution in [2.75, 3.05) is 6.61 Å². The van der Waals surface area contributed by atoms with Crippen LogP contribution >= 0.6 is 0 Å². The van der Waals surface area contributed by atoms with Crippen molar-refractivity contribution >= 4 is 17.8 Å². The Bertz CT molecular complexity index is 906. The third-order valence-electron chi connectivity index (χ3n) is 5.30. The number of carbonyl (C=O) groups is 3. The number of β-lactam (4-membered cyclic amide) rings is 1. The number of ketones is 1. The highest BCUT2D eigenvalue weighted by molar-refractivity contribution is 6.08. The molecule has 0 bridgehead atoms. The van der Waals surface area contributed by atoms with Crippen LogP contribution in [0.4, 0.5) is 4.79 Å². The summed E-state index contributed by atoms with van der Waals surface area (Å²) in [5.74, 6) is 3.72. The maximum atomic E-state index is 13.3. The number of amides is 2. The zero-order valence-electron chi connectivity index (χ0n) is 18.1. The highest BCUT2D eigenvalue weighted by atomic mass is 16.5. The van der Waals surface area contributed by atoms with E-state index in [9.17, 15) is 14.4 Å². The molecule has 0 unspecified atom stereocenters. The van der Waals surface area contributed by atoms with Gasteiger partial charge >= 0.3 is 6.09 Å². The molecule has 3 rings (SSSR count). The van der Waals surface area contributed by atoms with Crippen LogP contribution in [0.5, 0.6) is 0 Å². The largest absolute Gasteiger partial charge is 0.445 e. The summed E-state index contributed by atoms with van der Waals surface area (Å²) < 4.78 is 10.9. The fourth-order valence-corrected chi connectivity index (χ4v) is 3.47. The Morgan fingerprint density at radius 3 is 2.31 bits per heavy atom. The average Bonchev–Trinajstić information content (AvgIpc) is 2.82. The molecule has 32 heavy (non-hydrogen) atoms. The molecule has 0 spiro atoms. The summed E-state index contributed by atoms with van der Waals surface area (Å²) in [6.45, 7) is 2.47. The summed E-state index contributed by atoms with van der Waals surface area (Å²) in [5.41, 5.74) is 1.67. The summed E-state index contributed by atoms with van der Waals surface area (Å²) in [7, 11) is 0. The van der Waals surface area contributed by atoms with Gasteiger partial charge in [0, 0.05) is 6.61 Å². The van der Waals surface area contributed by atoms with E-state index >= 15 is 0 Å². The normalized spacial score (nSPS) is 18.6. The molecule has 2 aromatic rings. The summed E-state index contributed by atoms with van der Waals surface area (Å²) in [6, 6.07) is 17.5.